The smallest absolute Gasteiger partial charge is 0.311 e. The minimum absolute atomic E-state index is 0.107. The van der Waals surface area contributed by atoms with Crippen LogP contribution >= 0.6 is 0 Å². The number of unbranched alkanes of at least 4 members (excludes halogenated alkanes) is 1. The Morgan fingerprint density at radius 2 is 1.70 bits per heavy atom. The Morgan fingerprint density at radius 3 is 2.30 bits per heavy atom. The molecule has 130 valence electrons. The van der Waals surface area contributed by atoms with E-state index in [0.29, 0.717) is 12.0 Å². The molecule has 0 amide bonds. The van der Waals surface area contributed by atoms with Gasteiger partial charge in [-0.3, -0.25) is 4.79 Å². The van der Waals surface area contributed by atoms with Gasteiger partial charge in [0.05, 0.1) is 5.41 Å². The average Bonchev–Trinajstić information content (AvgIpc) is 2.48. The van der Waals surface area contributed by atoms with E-state index in [0.717, 1.165) is 37.9 Å². The van der Waals surface area contributed by atoms with Crippen LogP contribution < -0.4 is 5.32 Å². The van der Waals surface area contributed by atoms with Crippen molar-refractivity contribution in [3.63, 3.8) is 0 Å². The predicted molar refractivity (Wildman–Crippen MR) is 96.2 cm³/mol. The lowest BCUT2D eigenvalue weighted by molar-refractivity contribution is -0.155. The summed E-state index contributed by atoms with van der Waals surface area (Å²) in [5.41, 5.74) is 0.933. The van der Waals surface area contributed by atoms with Crippen LogP contribution in [-0.4, -0.2) is 19.1 Å². The molecule has 0 unspecified atom stereocenters. The first-order valence-electron chi connectivity index (χ1n) is 8.63. The molecule has 3 nitrogen and oxygen atoms in total. The standard InChI is InChI=1S/C20H33NO2/c1-19(2,3)16-21-14-10-9-13-20(4,5)18(22)23-15-17-11-7-6-8-12-17/h6-8,11-12,21H,9-10,13-16H2,1-5H3. The van der Waals surface area contributed by atoms with E-state index in [1.165, 1.54) is 0 Å². The van der Waals surface area contributed by atoms with Crippen molar-refractivity contribution in [2.24, 2.45) is 10.8 Å². The molecule has 0 spiro atoms. The third kappa shape index (κ3) is 8.75. The molecule has 1 N–H and O–H groups in total. The quantitative estimate of drug-likeness (QED) is 0.535. The second kappa shape index (κ2) is 9.07. The fourth-order valence-corrected chi connectivity index (χ4v) is 2.30. The molecular weight excluding hydrogens is 286 g/mol. The van der Waals surface area contributed by atoms with E-state index >= 15 is 0 Å². The molecule has 1 rings (SSSR count). The van der Waals surface area contributed by atoms with Crippen molar-refractivity contribution in [1.82, 2.24) is 5.32 Å². The zero-order valence-corrected chi connectivity index (χ0v) is 15.4. The molecular formula is C20H33NO2. The van der Waals surface area contributed by atoms with Crippen LogP contribution in [0.25, 0.3) is 0 Å². The summed E-state index contributed by atoms with van der Waals surface area (Å²) >= 11 is 0. The third-order valence-corrected chi connectivity index (χ3v) is 3.83. The molecule has 0 fully saturated rings. The van der Waals surface area contributed by atoms with Gasteiger partial charge in [-0.25, -0.2) is 0 Å². The maximum Gasteiger partial charge on any atom is 0.311 e. The van der Waals surface area contributed by atoms with Crippen LogP contribution in [-0.2, 0) is 16.1 Å². The highest BCUT2D eigenvalue weighted by atomic mass is 16.5. The maximum absolute atomic E-state index is 12.3. The number of benzene rings is 1. The molecule has 0 aromatic heterocycles. The summed E-state index contributed by atoms with van der Waals surface area (Å²) in [4.78, 5) is 12.3. The summed E-state index contributed by atoms with van der Waals surface area (Å²) in [6.45, 7) is 13.0. The summed E-state index contributed by atoms with van der Waals surface area (Å²) in [7, 11) is 0. The van der Waals surface area contributed by atoms with Crippen molar-refractivity contribution in [3.8, 4) is 0 Å². The lowest BCUT2D eigenvalue weighted by Crippen LogP contribution is -2.29. The van der Waals surface area contributed by atoms with Gasteiger partial charge in [-0.15, -0.1) is 0 Å². The third-order valence-electron chi connectivity index (χ3n) is 3.83. The van der Waals surface area contributed by atoms with Crippen LogP contribution in [0.1, 0.15) is 59.4 Å². The van der Waals surface area contributed by atoms with Crippen LogP contribution in [0.2, 0.25) is 0 Å². The summed E-state index contributed by atoms with van der Waals surface area (Å²) in [6, 6.07) is 9.82. The lowest BCUT2D eigenvalue weighted by atomic mass is 9.87. The Hall–Kier alpha value is -1.35. The van der Waals surface area contributed by atoms with E-state index in [2.05, 4.69) is 26.1 Å². The van der Waals surface area contributed by atoms with Crippen molar-refractivity contribution in [2.45, 2.75) is 60.5 Å². The van der Waals surface area contributed by atoms with Gasteiger partial charge < -0.3 is 10.1 Å². The average molecular weight is 319 g/mol. The van der Waals surface area contributed by atoms with Gasteiger partial charge in [-0.05, 0) is 50.8 Å². The number of carbonyl (C=O) groups excluding carboxylic acids is 1. The van der Waals surface area contributed by atoms with Crippen LogP contribution in [0, 0.1) is 10.8 Å². The molecule has 1 aromatic carbocycles. The minimum atomic E-state index is -0.418. The van der Waals surface area contributed by atoms with Gasteiger partial charge in [-0.2, -0.15) is 0 Å². The van der Waals surface area contributed by atoms with E-state index in [4.69, 9.17) is 4.74 Å². The topological polar surface area (TPSA) is 38.3 Å². The molecule has 0 radical (unpaired) electrons. The highest BCUT2D eigenvalue weighted by Gasteiger charge is 2.28. The van der Waals surface area contributed by atoms with E-state index in [-0.39, 0.29) is 5.97 Å². The van der Waals surface area contributed by atoms with E-state index in [1.807, 2.05) is 44.2 Å². The van der Waals surface area contributed by atoms with Crippen LogP contribution in [0.5, 0.6) is 0 Å². The summed E-state index contributed by atoms with van der Waals surface area (Å²) in [5, 5.41) is 3.47. The summed E-state index contributed by atoms with van der Waals surface area (Å²) in [5.74, 6) is -0.107. The van der Waals surface area contributed by atoms with Gasteiger partial charge in [0.2, 0.25) is 0 Å². The van der Waals surface area contributed by atoms with Crippen LogP contribution in [0.3, 0.4) is 0 Å². The molecule has 0 saturated heterocycles. The zero-order valence-electron chi connectivity index (χ0n) is 15.4. The Labute approximate surface area is 141 Å². The van der Waals surface area contributed by atoms with Gasteiger partial charge in [0.1, 0.15) is 6.61 Å². The highest BCUT2D eigenvalue weighted by Crippen LogP contribution is 2.25. The number of ether oxygens (including phenoxy) is 1. The van der Waals surface area contributed by atoms with Crippen molar-refractivity contribution in [2.75, 3.05) is 13.1 Å². The first-order chi connectivity index (χ1) is 10.7. The fourth-order valence-electron chi connectivity index (χ4n) is 2.30. The number of rotatable bonds is 9. The molecule has 0 bridgehead atoms. The number of hydrogen-bond acceptors (Lipinski definition) is 3. The molecule has 23 heavy (non-hydrogen) atoms. The normalized spacial score (nSPS) is 12.2. The van der Waals surface area contributed by atoms with Gasteiger partial charge in [-0.1, -0.05) is 57.5 Å². The van der Waals surface area contributed by atoms with Crippen molar-refractivity contribution < 1.29 is 9.53 Å². The minimum Gasteiger partial charge on any atom is -0.460 e. The van der Waals surface area contributed by atoms with E-state index in [1.54, 1.807) is 0 Å². The maximum atomic E-state index is 12.3. The highest BCUT2D eigenvalue weighted by molar-refractivity contribution is 5.75. The summed E-state index contributed by atoms with van der Waals surface area (Å²) in [6.07, 6.45) is 2.98. The Bertz CT molecular complexity index is 460. The largest absolute Gasteiger partial charge is 0.460 e. The van der Waals surface area contributed by atoms with Crippen molar-refractivity contribution in [1.29, 1.82) is 0 Å². The Balaban J connectivity index is 2.22. The first-order valence-corrected chi connectivity index (χ1v) is 8.63. The number of esters is 1. The predicted octanol–water partition coefficient (Wildman–Crippen LogP) is 4.56. The molecule has 0 saturated carbocycles. The first kappa shape index (κ1) is 19.7. The lowest BCUT2D eigenvalue weighted by Gasteiger charge is -2.23. The monoisotopic (exact) mass is 319 g/mol. The van der Waals surface area contributed by atoms with E-state index in [9.17, 15) is 4.79 Å². The molecule has 0 atom stereocenters. The zero-order chi connectivity index (χ0) is 17.3. The fraction of sp³-hybridized carbons (Fsp3) is 0.650. The molecule has 1 aromatic rings. The Morgan fingerprint density at radius 1 is 1.04 bits per heavy atom. The van der Waals surface area contributed by atoms with Gasteiger partial charge in [0.15, 0.2) is 0 Å². The van der Waals surface area contributed by atoms with Gasteiger partial charge >= 0.3 is 5.97 Å². The van der Waals surface area contributed by atoms with Crippen molar-refractivity contribution >= 4 is 5.97 Å². The SMILES string of the molecule is CC(C)(C)CNCCCCC(C)(C)C(=O)OCc1ccccc1. The number of carbonyl (C=O) groups is 1. The number of hydrogen-bond donors (Lipinski definition) is 1. The van der Waals surface area contributed by atoms with Crippen LogP contribution in [0.15, 0.2) is 30.3 Å². The Kier molecular flexibility index (Phi) is 7.77. The van der Waals surface area contributed by atoms with Crippen LogP contribution in [0.4, 0.5) is 0 Å². The van der Waals surface area contributed by atoms with E-state index < -0.39 is 5.41 Å². The van der Waals surface area contributed by atoms with Crippen molar-refractivity contribution in [3.05, 3.63) is 35.9 Å². The molecule has 0 heterocycles. The van der Waals surface area contributed by atoms with Gasteiger partial charge in [0, 0.05) is 0 Å². The summed E-state index contributed by atoms with van der Waals surface area (Å²) < 4.78 is 5.46. The second-order valence-corrected chi connectivity index (χ2v) is 8.14. The number of nitrogens with one attached hydrogen (secondary N) is 1. The van der Waals surface area contributed by atoms with Gasteiger partial charge in [0.25, 0.3) is 0 Å². The molecule has 0 aliphatic heterocycles. The molecule has 3 heteroatoms. The molecule has 0 aliphatic carbocycles. The molecule has 0 aliphatic rings. The second-order valence-electron chi connectivity index (χ2n) is 8.14.